The Morgan fingerprint density at radius 2 is 1.83 bits per heavy atom. The van der Waals surface area contributed by atoms with Crippen molar-refractivity contribution in [2.24, 2.45) is 5.92 Å². The first-order valence-electron chi connectivity index (χ1n) is 10.3. The largest absolute Gasteiger partial charge is 0.353 e. The predicted molar refractivity (Wildman–Crippen MR) is 114 cm³/mol. The lowest BCUT2D eigenvalue weighted by Crippen LogP contribution is -2.49. The van der Waals surface area contributed by atoms with Gasteiger partial charge in [0.1, 0.15) is 12.1 Å². The molecule has 2 amide bonds. The van der Waals surface area contributed by atoms with Crippen molar-refractivity contribution in [3.63, 3.8) is 0 Å². The summed E-state index contributed by atoms with van der Waals surface area (Å²) in [5, 5.41) is 2.91. The van der Waals surface area contributed by atoms with Crippen LogP contribution in [0.3, 0.4) is 0 Å². The van der Waals surface area contributed by atoms with Gasteiger partial charge in [0.2, 0.25) is 5.91 Å². The minimum Gasteiger partial charge on any atom is -0.353 e. The van der Waals surface area contributed by atoms with E-state index >= 15 is 0 Å². The Balaban J connectivity index is 1.67. The van der Waals surface area contributed by atoms with Crippen molar-refractivity contribution in [3.05, 3.63) is 47.9 Å². The van der Waals surface area contributed by atoms with Gasteiger partial charge in [-0.15, -0.1) is 0 Å². The average molecular weight is 396 g/mol. The lowest BCUT2D eigenvalue weighted by Gasteiger charge is -2.35. The summed E-state index contributed by atoms with van der Waals surface area (Å²) < 4.78 is 0. The van der Waals surface area contributed by atoms with E-state index < -0.39 is 0 Å². The molecule has 1 aliphatic heterocycles. The van der Waals surface area contributed by atoms with E-state index in [1.165, 1.54) is 0 Å². The first-order chi connectivity index (χ1) is 14.0. The van der Waals surface area contributed by atoms with E-state index in [0.29, 0.717) is 37.4 Å². The number of benzene rings is 1. The lowest BCUT2D eigenvalue weighted by molar-refractivity contribution is -0.119. The second-order valence-electron chi connectivity index (χ2n) is 7.34. The smallest absolute Gasteiger partial charge is 0.256 e. The molecule has 29 heavy (non-hydrogen) atoms. The molecule has 2 aromatic rings. The van der Waals surface area contributed by atoms with Crippen molar-refractivity contribution >= 4 is 23.3 Å². The number of aryl methyl sites for hydroxylation is 1. The van der Waals surface area contributed by atoms with Crippen LogP contribution in [0.2, 0.25) is 0 Å². The molecule has 0 bridgehead atoms. The van der Waals surface area contributed by atoms with E-state index in [2.05, 4.69) is 27.1 Å². The number of hydrogen-bond donors (Lipinski definition) is 1. The highest BCUT2D eigenvalue weighted by Crippen LogP contribution is 2.21. The van der Waals surface area contributed by atoms with Gasteiger partial charge in [-0.25, -0.2) is 9.97 Å². The summed E-state index contributed by atoms with van der Waals surface area (Å²) in [6, 6.07) is 9.24. The maximum Gasteiger partial charge on any atom is 0.256 e. The second-order valence-corrected chi connectivity index (χ2v) is 7.34. The number of carbonyl (C=O) groups is 2. The summed E-state index contributed by atoms with van der Waals surface area (Å²) in [4.78, 5) is 38.1. The quantitative estimate of drug-likeness (QED) is 0.814. The highest BCUT2D eigenvalue weighted by molar-refractivity contribution is 6.04. The highest BCUT2D eigenvalue weighted by atomic mass is 16.2. The summed E-state index contributed by atoms with van der Waals surface area (Å²) >= 11 is 0. The van der Waals surface area contributed by atoms with Gasteiger partial charge >= 0.3 is 0 Å². The van der Waals surface area contributed by atoms with Crippen molar-refractivity contribution in [2.45, 2.75) is 33.6 Å². The fraction of sp³-hybridized carbons (Fsp3) is 0.455. The molecule has 1 saturated heterocycles. The molecule has 1 aromatic heterocycles. The normalized spacial score (nSPS) is 15.1. The van der Waals surface area contributed by atoms with Gasteiger partial charge in [-0.05, 0) is 25.0 Å². The van der Waals surface area contributed by atoms with Crippen LogP contribution in [0.4, 0.5) is 11.5 Å². The third kappa shape index (κ3) is 4.91. The van der Waals surface area contributed by atoms with Crippen LogP contribution in [0.5, 0.6) is 0 Å². The van der Waals surface area contributed by atoms with Crippen LogP contribution in [0.25, 0.3) is 0 Å². The van der Waals surface area contributed by atoms with Crippen molar-refractivity contribution in [3.8, 4) is 0 Å². The monoisotopic (exact) mass is 395 g/mol. The Kier molecular flexibility index (Phi) is 6.80. The van der Waals surface area contributed by atoms with Crippen LogP contribution in [-0.4, -0.2) is 52.9 Å². The third-order valence-electron chi connectivity index (χ3n) is 5.44. The molecule has 1 aliphatic rings. The van der Waals surface area contributed by atoms with Gasteiger partial charge < -0.3 is 15.1 Å². The molecule has 7 nitrogen and oxygen atoms in total. The van der Waals surface area contributed by atoms with Crippen LogP contribution in [-0.2, 0) is 11.2 Å². The SMILES string of the molecule is CCc1cc(N2CCN(C(=O)c3ccccc3NC(=O)C(C)CC)CC2)ncn1. The number of rotatable bonds is 6. The standard InChI is InChI=1S/C22H29N5O2/c1-4-16(3)21(28)25-19-9-7-6-8-18(19)22(29)27-12-10-26(11-13-27)20-14-17(5-2)23-15-24-20/h6-9,14-16H,4-5,10-13H2,1-3H3,(H,25,28). The number of hydrogen-bond acceptors (Lipinski definition) is 5. The first kappa shape index (κ1) is 20.8. The summed E-state index contributed by atoms with van der Waals surface area (Å²) in [6.45, 7) is 8.58. The first-order valence-corrected chi connectivity index (χ1v) is 10.3. The van der Waals surface area contributed by atoms with Crippen LogP contribution in [0.15, 0.2) is 36.7 Å². The van der Waals surface area contributed by atoms with Crippen molar-refractivity contribution < 1.29 is 9.59 Å². The Labute approximate surface area is 172 Å². The zero-order valence-electron chi connectivity index (χ0n) is 17.4. The minimum atomic E-state index is -0.0948. The molecule has 0 saturated carbocycles. The molecular formula is C22H29N5O2. The Morgan fingerprint density at radius 1 is 1.10 bits per heavy atom. The fourth-order valence-corrected chi connectivity index (χ4v) is 3.28. The van der Waals surface area contributed by atoms with E-state index in [1.807, 2.05) is 36.9 Å². The van der Waals surface area contributed by atoms with Gasteiger partial charge in [0.25, 0.3) is 5.91 Å². The van der Waals surface area contributed by atoms with Gasteiger partial charge in [-0.2, -0.15) is 0 Å². The topological polar surface area (TPSA) is 78.4 Å². The fourth-order valence-electron chi connectivity index (χ4n) is 3.28. The summed E-state index contributed by atoms with van der Waals surface area (Å²) in [7, 11) is 0. The van der Waals surface area contributed by atoms with E-state index in [-0.39, 0.29) is 17.7 Å². The van der Waals surface area contributed by atoms with Crippen LogP contribution in [0.1, 0.15) is 43.2 Å². The number of aromatic nitrogens is 2. The van der Waals surface area contributed by atoms with Crippen LogP contribution >= 0.6 is 0 Å². The number of nitrogens with zero attached hydrogens (tertiary/aromatic N) is 4. The highest BCUT2D eigenvalue weighted by Gasteiger charge is 2.25. The lowest BCUT2D eigenvalue weighted by atomic mass is 10.1. The molecular weight excluding hydrogens is 366 g/mol. The summed E-state index contributed by atoms with van der Waals surface area (Å²) in [5.41, 5.74) is 2.13. The Hall–Kier alpha value is -2.96. The predicted octanol–water partition coefficient (Wildman–Crippen LogP) is 2.99. The van der Waals surface area contributed by atoms with Gasteiger partial charge in [0.05, 0.1) is 11.3 Å². The summed E-state index contributed by atoms with van der Waals surface area (Å²) in [6.07, 6.45) is 3.22. The van der Waals surface area contributed by atoms with E-state index in [9.17, 15) is 9.59 Å². The molecule has 3 rings (SSSR count). The molecule has 0 aliphatic carbocycles. The number of amides is 2. The minimum absolute atomic E-state index is 0.0540. The van der Waals surface area contributed by atoms with Gasteiger partial charge in [0.15, 0.2) is 0 Å². The van der Waals surface area contributed by atoms with Crippen molar-refractivity contribution in [2.75, 3.05) is 36.4 Å². The number of para-hydroxylation sites is 1. The molecule has 7 heteroatoms. The van der Waals surface area contributed by atoms with Crippen molar-refractivity contribution in [1.29, 1.82) is 0 Å². The maximum absolute atomic E-state index is 13.1. The zero-order chi connectivity index (χ0) is 20.8. The van der Waals surface area contributed by atoms with E-state index in [1.54, 1.807) is 18.5 Å². The summed E-state index contributed by atoms with van der Waals surface area (Å²) in [5.74, 6) is 0.697. The molecule has 0 radical (unpaired) electrons. The number of anilines is 2. The van der Waals surface area contributed by atoms with Crippen molar-refractivity contribution in [1.82, 2.24) is 14.9 Å². The second kappa shape index (κ2) is 9.49. The number of piperazine rings is 1. The van der Waals surface area contributed by atoms with E-state index in [4.69, 9.17) is 0 Å². The third-order valence-corrected chi connectivity index (χ3v) is 5.44. The Morgan fingerprint density at radius 3 is 2.52 bits per heavy atom. The van der Waals surface area contributed by atoms with Crippen LogP contribution < -0.4 is 10.2 Å². The molecule has 2 heterocycles. The van der Waals surface area contributed by atoms with Crippen LogP contribution in [0, 0.1) is 5.92 Å². The molecule has 1 fully saturated rings. The van der Waals surface area contributed by atoms with Gasteiger partial charge in [-0.3, -0.25) is 9.59 Å². The van der Waals surface area contributed by atoms with Gasteiger partial charge in [-0.1, -0.05) is 32.9 Å². The number of nitrogens with one attached hydrogen (secondary N) is 1. The molecule has 1 aromatic carbocycles. The zero-order valence-corrected chi connectivity index (χ0v) is 17.4. The van der Waals surface area contributed by atoms with E-state index in [0.717, 1.165) is 24.4 Å². The molecule has 1 unspecified atom stereocenters. The average Bonchev–Trinajstić information content (AvgIpc) is 2.78. The number of carbonyl (C=O) groups excluding carboxylic acids is 2. The van der Waals surface area contributed by atoms with Gasteiger partial charge in [0, 0.05) is 43.9 Å². The maximum atomic E-state index is 13.1. The molecule has 1 N–H and O–H groups in total. The molecule has 154 valence electrons. The molecule has 0 spiro atoms. The molecule has 1 atom stereocenters. The Bertz CT molecular complexity index is 862.